The number of rotatable bonds is 12. The number of halogens is 3. The van der Waals surface area contributed by atoms with E-state index in [4.69, 9.17) is 14.3 Å². The standard InChI is InChI=1S/C34H44F3N5O9/c1-5-7-23(26(43)29(45)38-20-10-11-20)39-28(44)25-16-33(15-24(41-51-33)19-8-6-9-21(14-19)50-34(35,36)37)18-42(25)30(46)27(32(2,3)4)40-31(47)49-22-12-13-48-17-22/h6,8-9,14,20,22-23,25,27H,5,7,10-13,15-18H2,1-4H3,(H,38,45)(H,39,44)(H,40,47)/t22-,23-,25-,27+,33-/m0/s1. The molecule has 4 aliphatic rings. The summed E-state index contributed by atoms with van der Waals surface area (Å²) in [6, 6.07) is 1.53. The van der Waals surface area contributed by atoms with E-state index in [-0.39, 0.29) is 49.7 Å². The van der Waals surface area contributed by atoms with Crippen LogP contribution in [0, 0.1) is 5.41 Å². The first kappa shape index (κ1) is 37.8. The third-order valence-corrected chi connectivity index (χ3v) is 9.11. The molecule has 2 saturated heterocycles. The molecule has 51 heavy (non-hydrogen) atoms. The van der Waals surface area contributed by atoms with Crippen molar-refractivity contribution < 1.29 is 56.2 Å². The van der Waals surface area contributed by atoms with Crippen LogP contribution in [0.3, 0.4) is 0 Å². The molecule has 1 aromatic carbocycles. The van der Waals surface area contributed by atoms with E-state index in [2.05, 4.69) is 25.8 Å². The van der Waals surface area contributed by atoms with Gasteiger partial charge in [-0.25, -0.2) is 4.79 Å². The van der Waals surface area contributed by atoms with Crippen molar-refractivity contribution >= 4 is 35.3 Å². The zero-order valence-corrected chi connectivity index (χ0v) is 29.0. The lowest BCUT2D eigenvalue weighted by Gasteiger charge is -2.35. The molecule has 3 aliphatic heterocycles. The number of alkyl carbamates (subject to hydrolysis) is 1. The Bertz CT molecular complexity index is 1540. The minimum absolute atomic E-state index is 0.00841. The molecule has 1 spiro atoms. The molecule has 5 rings (SSSR count). The van der Waals surface area contributed by atoms with Crippen LogP contribution >= 0.6 is 0 Å². The van der Waals surface area contributed by atoms with Crippen LogP contribution < -0.4 is 20.7 Å². The Morgan fingerprint density at radius 1 is 1.10 bits per heavy atom. The number of hydrogen-bond donors (Lipinski definition) is 3. The summed E-state index contributed by atoms with van der Waals surface area (Å²) in [5, 5.41) is 12.1. The second-order valence-corrected chi connectivity index (χ2v) is 14.5. The van der Waals surface area contributed by atoms with Gasteiger partial charge < -0.3 is 39.9 Å². The number of hydrogen-bond acceptors (Lipinski definition) is 10. The molecule has 0 aromatic heterocycles. The van der Waals surface area contributed by atoms with Crippen molar-refractivity contribution in [2.24, 2.45) is 10.6 Å². The first-order valence-corrected chi connectivity index (χ1v) is 17.1. The van der Waals surface area contributed by atoms with Gasteiger partial charge in [0.1, 0.15) is 23.9 Å². The quantitative estimate of drug-likeness (QED) is 0.274. The summed E-state index contributed by atoms with van der Waals surface area (Å²) in [6.07, 6.45) is -3.68. The van der Waals surface area contributed by atoms with Gasteiger partial charge in [0.2, 0.25) is 17.6 Å². The second-order valence-electron chi connectivity index (χ2n) is 14.5. The number of ketones is 1. The molecule has 1 aliphatic carbocycles. The zero-order chi connectivity index (χ0) is 37.1. The van der Waals surface area contributed by atoms with Gasteiger partial charge >= 0.3 is 12.5 Å². The number of alkyl halides is 3. The monoisotopic (exact) mass is 723 g/mol. The Kier molecular flexibility index (Phi) is 11.2. The van der Waals surface area contributed by atoms with Crippen LogP contribution in [0.15, 0.2) is 29.4 Å². The highest BCUT2D eigenvalue weighted by molar-refractivity contribution is 6.38. The van der Waals surface area contributed by atoms with E-state index in [1.807, 2.05) is 0 Å². The summed E-state index contributed by atoms with van der Waals surface area (Å²) in [5.41, 5.74) is -1.62. The summed E-state index contributed by atoms with van der Waals surface area (Å²) in [5.74, 6) is -3.43. The molecule has 3 N–H and O–H groups in total. The van der Waals surface area contributed by atoms with Gasteiger partial charge in [-0.2, -0.15) is 0 Å². The van der Waals surface area contributed by atoms with Gasteiger partial charge in [0.15, 0.2) is 5.60 Å². The van der Waals surface area contributed by atoms with E-state index < -0.39 is 77.0 Å². The predicted molar refractivity (Wildman–Crippen MR) is 173 cm³/mol. The molecule has 17 heteroatoms. The van der Waals surface area contributed by atoms with Crippen molar-refractivity contribution in [2.75, 3.05) is 19.8 Å². The Morgan fingerprint density at radius 3 is 2.47 bits per heavy atom. The van der Waals surface area contributed by atoms with Crippen molar-refractivity contribution in [1.29, 1.82) is 0 Å². The molecule has 3 fully saturated rings. The van der Waals surface area contributed by atoms with Crippen LogP contribution in [0.1, 0.15) is 78.2 Å². The number of ether oxygens (including phenoxy) is 3. The average Bonchev–Trinajstić information content (AvgIpc) is 3.40. The number of benzene rings is 1. The van der Waals surface area contributed by atoms with Crippen LogP contribution in [-0.4, -0.2) is 102 Å². The highest BCUT2D eigenvalue weighted by Gasteiger charge is 2.56. The van der Waals surface area contributed by atoms with Crippen LogP contribution in [0.25, 0.3) is 0 Å². The smallest absolute Gasteiger partial charge is 0.444 e. The molecule has 14 nitrogen and oxygen atoms in total. The van der Waals surface area contributed by atoms with E-state index >= 15 is 0 Å². The number of nitrogens with zero attached hydrogens (tertiary/aromatic N) is 2. The van der Waals surface area contributed by atoms with Crippen molar-refractivity contribution in [1.82, 2.24) is 20.9 Å². The van der Waals surface area contributed by atoms with Gasteiger partial charge in [-0.3, -0.25) is 19.2 Å². The SMILES string of the molecule is CCC[C@H](NC(=O)[C@@H]1C[C@@]2(CC(c3cccc(OC(F)(F)F)c3)=NO2)CN1C(=O)[C@@H](NC(=O)O[C@H]1CCOC1)C(C)(C)C)C(=O)C(=O)NC1CC1. The maximum Gasteiger partial charge on any atom is 0.573 e. The van der Waals surface area contributed by atoms with Crippen molar-refractivity contribution in [3.05, 3.63) is 29.8 Å². The highest BCUT2D eigenvalue weighted by Crippen LogP contribution is 2.40. The van der Waals surface area contributed by atoms with Crippen LogP contribution in [-0.2, 0) is 33.5 Å². The van der Waals surface area contributed by atoms with Crippen molar-refractivity contribution in [3.8, 4) is 5.75 Å². The third-order valence-electron chi connectivity index (χ3n) is 9.11. The average molecular weight is 724 g/mol. The number of carbonyl (C=O) groups is 5. The van der Waals surface area contributed by atoms with E-state index in [0.717, 1.165) is 25.0 Å². The van der Waals surface area contributed by atoms with E-state index in [9.17, 15) is 37.1 Å². The zero-order valence-electron chi connectivity index (χ0n) is 29.0. The summed E-state index contributed by atoms with van der Waals surface area (Å²) in [4.78, 5) is 74.4. The lowest BCUT2D eigenvalue weighted by molar-refractivity contribution is -0.274. The molecule has 0 radical (unpaired) electrons. The number of likely N-dealkylation sites (tertiary alicyclic amines) is 1. The second kappa shape index (κ2) is 15.1. The van der Waals surface area contributed by atoms with Gasteiger partial charge in [0.25, 0.3) is 5.91 Å². The van der Waals surface area contributed by atoms with Gasteiger partial charge in [0.05, 0.1) is 31.5 Å². The fourth-order valence-electron chi connectivity index (χ4n) is 6.35. The molecule has 280 valence electrons. The maximum absolute atomic E-state index is 14.4. The van der Waals surface area contributed by atoms with Crippen LogP contribution in [0.2, 0.25) is 0 Å². The van der Waals surface area contributed by atoms with Gasteiger partial charge in [-0.1, -0.05) is 51.4 Å². The summed E-state index contributed by atoms with van der Waals surface area (Å²) < 4.78 is 53.5. The first-order chi connectivity index (χ1) is 24.0. The Balaban J connectivity index is 1.39. The molecule has 1 saturated carbocycles. The number of carbonyl (C=O) groups excluding carboxylic acids is 5. The first-order valence-electron chi connectivity index (χ1n) is 17.1. The van der Waals surface area contributed by atoms with Gasteiger partial charge in [-0.15, -0.1) is 13.2 Å². The lowest BCUT2D eigenvalue weighted by atomic mass is 9.85. The normalized spacial score (nSPS) is 24.3. The molecule has 3 heterocycles. The molecule has 0 bridgehead atoms. The summed E-state index contributed by atoms with van der Waals surface area (Å²) >= 11 is 0. The van der Waals surface area contributed by atoms with E-state index in [0.29, 0.717) is 19.4 Å². The molecular weight excluding hydrogens is 679 g/mol. The fourth-order valence-corrected chi connectivity index (χ4v) is 6.35. The predicted octanol–water partition coefficient (Wildman–Crippen LogP) is 3.11. The van der Waals surface area contributed by atoms with Crippen molar-refractivity contribution in [3.63, 3.8) is 0 Å². The van der Waals surface area contributed by atoms with Gasteiger partial charge in [-0.05, 0) is 36.8 Å². The number of oxime groups is 1. The Hall–Kier alpha value is -4.41. The minimum Gasteiger partial charge on any atom is -0.444 e. The van der Waals surface area contributed by atoms with Crippen LogP contribution in [0.5, 0.6) is 5.75 Å². The number of nitrogens with one attached hydrogen (secondary N) is 3. The molecule has 1 aromatic rings. The molecule has 0 unspecified atom stereocenters. The van der Waals surface area contributed by atoms with Gasteiger partial charge in [0, 0.05) is 30.9 Å². The summed E-state index contributed by atoms with van der Waals surface area (Å²) in [7, 11) is 0. The Labute approximate surface area is 293 Å². The van der Waals surface area contributed by atoms with Crippen LogP contribution in [0.4, 0.5) is 18.0 Å². The summed E-state index contributed by atoms with van der Waals surface area (Å²) in [6.45, 7) is 7.44. The number of amides is 4. The minimum atomic E-state index is -4.91. The largest absolute Gasteiger partial charge is 0.573 e. The lowest BCUT2D eigenvalue weighted by Crippen LogP contribution is -2.59. The Morgan fingerprint density at radius 2 is 1.84 bits per heavy atom. The third kappa shape index (κ3) is 9.68. The highest BCUT2D eigenvalue weighted by atomic mass is 19.4. The molecular formula is C34H44F3N5O9. The fraction of sp³-hybridized carbons (Fsp3) is 0.647. The van der Waals surface area contributed by atoms with E-state index in [1.54, 1.807) is 27.7 Å². The molecule has 4 amide bonds. The van der Waals surface area contributed by atoms with Crippen molar-refractivity contribution in [2.45, 2.75) is 115 Å². The topological polar surface area (TPSA) is 174 Å². The number of Topliss-reactive ketones (excluding diaryl/α,β-unsaturated/α-hetero) is 1. The maximum atomic E-state index is 14.4. The molecule has 5 atom stereocenters. The van der Waals surface area contributed by atoms with E-state index in [1.165, 1.54) is 17.0 Å².